The van der Waals surface area contributed by atoms with Crippen LogP contribution < -0.4 is 21.3 Å². The molecule has 11 nitrogen and oxygen atoms in total. The van der Waals surface area contributed by atoms with E-state index in [1.54, 1.807) is 43.4 Å². The van der Waals surface area contributed by atoms with Crippen LogP contribution in [0.4, 0.5) is 5.82 Å². The average Bonchev–Trinajstić information content (AvgIpc) is 3.47. The third kappa shape index (κ3) is 3.68. The number of carbonyl (C=O) groups is 4. The van der Waals surface area contributed by atoms with E-state index in [0.717, 1.165) is 9.47 Å². The van der Waals surface area contributed by atoms with Gasteiger partial charge in [0, 0.05) is 36.7 Å². The molecule has 0 spiro atoms. The summed E-state index contributed by atoms with van der Waals surface area (Å²) in [5.41, 5.74) is 2.24. The molecule has 1 N–H and O–H groups in total. The lowest BCUT2D eigenvalue weighted by atomic mass is 9.81. The quantitative estimate of drug-likeness (QED) is 0.218. The van der Waals surface area contributed by atoms with Gasteiger partial charge in [-0.25, -0.2) is 9.59 Å². The van der Waals surface area contributed by atoms with Crippen LogP contribution in [0.1, 0.15) is 60.6 Å². The molecule has 3 aromatic carbocycles. The zero-order valence-corrected chi connectivity index (χ0v) is 23.8. The van der Waals surface area contributed by atoms with Crippen LogP contribution in [-0.4, -0.2) is 43.6 Å². The van der Waals surface area contributed by atoms with Crippen molar-refractivity contribution in [1.82, 2.24) is 14.0 Å². The molecule has 1 aliphatic carbocycles. The van der Waals surface area contributed by atoms with Crippen molar-refractivity contribution < 1.29 is 23.9 Å². The van der Waals surface area contributed by atoms with Crippen LogP contribution in [0.2, 0.25) is 0 Å². The molecule has 0 fully saturated rings. The highest BCUT2D eigenvalue weighted by Crippen LogP contribution is 2.48. The van der Waals surface area contributed by atoms with E-state index in [1.807, 2.05) is 12.1 Å². The summed E-state index contributed by atoms with van der Waals surface area (Å²) >= 11 is 0. The number of amides is 2. The molecule has 4 aromatic rings. The number of allylic oxidation sites excluding steroid dienone is 1. The zero-order valence-electron chi connectivity index (χ0n) is 23.8. The van der Waals surface area contributed by atoms with Crippen LogP contribution in [0.3, 0.4) is 0 Å². The van der Waals surface area contributed by atoms with E-state index in [0.29, 0.717) is 28.0 Å². The molecule has 2 amide bonds. The fourth-order valence-corrected chi connectivity index (χ4v) is 6.19. The van der Waals surface area contributed by atoms with E-state index >= 15 is 0 Å². The number of nitrogens with one attached hydrogen (secondary N) is 1. The molecule has 0 saturated heterocycles. The standard InChI is InChI=1S/C33H24N4O7/c1-16(37-29(39)21-10-6-7-11-22(21)30(37)40)32(42)44-18-14-12-17(13-15-18)23-24-26(19-8-4-5-9-20(19)27(24)38)34-28-25(23)31(41)36(3)33(43)35(28)2/h4-16,23,34H,1-3H3/t16-,23+/m1/s1. The molecule has 3 heterocycles. The van der Waals surface area contributed by atoms with E-state index in [1.165, 1.54) is 42.8 Å². The number of aromatic nitrogens is 2. The zero-order chi connectivity index (χ0) is 31.0. The van der Waals surface area contributed by atoms with Gasteiger partial charge in [0.1, 0.15) is 17.6 Å². The number of rotatable bonds is 4. The maximum absolute atomic E-state index is 13.7. The van der Waals surface area contributed by atoms with E-state index in [-0.39, 0.29) is 34.0 Å². The normalized spacial score (nSPS) is 17.1. The Bertz CT molecular complexity index is 2100. The molecule has 2 aliphatic heterocycles. The highest BCUT2D eigenvalue weighted by Gasteiger charge is 2.43. The van der Waals surface area contributed by atoms with Gasteiger partial charge in [-0.15, -0.1) is 0 Å². The largest absolute Gasteiger partial charge is 0.425 e. The van der Waals surface area contributed by atoms with Crippen molar-refractivity contribution in [2.45, 2.75) is 18.9 Å². The SMILES string of the molecule is C[C@H](C(=O)Oc1ccc([C@H]2C3=C(Nc4c2c(=O)n(C)c(=O)n4C)c2ccccc2C3=O)cc1)N1C(=O)c2ccccc2C1=O. The van der Waals surface area contributed by atoms with Crippen LogP contribution in [0.15, 0.2) is 88.0 Å². The van der Waals surface area contributed by atoms with Gasteiger partial charge in [0.2, 0.25) is 0 Å². The number of anilines is 1. The Morgan fingerprint density at radius 3 is 1.95 bits per heavy atom. The van der Waals surface area contributed by atoms with Gasteiger partial charge in [0.25, 0.3) is 17.4 Å². The summed E-state index contributed by atoms with van der Waals surface area (Å²) in [6.07, 6.45) is 0. The summed E-state index contributed by atoms with van der Waals surface area (Å²) in [5.74, 6) is -2.59. The van der Waals surface area contributed by atoms with Gasteiger partial charge in [0.15, 0.2) is 5.78 Å². The van der Waals surface area contributed by atoms with Gasteiger partial charge in [0.05, 0.1) is 22.4 Å². The van der Waals surface area contributed by atoms with Crippen molar-refractivity contribution in [2.24, 2.45) is 14.1 Å². The number of ketones is 1. The van der Waals surface area contributed by atoms with E-state index in [9.17, 15) is 28.8 Å². The molecular weight excluding hydrogens is 564 g/mol. The Morgan fingerprint density at radius 2 is 1.34 bits per heavy atom. The van der Waals surface area contributed by atoms with Crippen LogP contribution in [0, 0.1) is 0 Å². The predicted octanol–water partition coefficient (Wildman–Crippen LogP) is 2.84. The topological polar surface area (TPSA) is 137 Å². The average molecular weight is 589 g/mol. The number of nitrogens with zero attached hydrogens (tertiary/aromatic N) is 3. The summed E-state index contributed by atoms with van der Waals surface area (Å²) < 4.78 is 7.89. The molecule has 7 rings (SSSR count). The fraction of sp³-hybridized carbons (Fsp3) is 0.152. The first-order valence-electron chi connectivity index (χ1n) is 13.8. The molecule has 2 atom stereocenters. The summed E-state index contributed by atoms with van der Waals surface area (Å²) in [7, 11) is 2.94. The third-order valence-corrected chi connectivity index (χ3v) is 8.46. The van der Waals surface area contributed by atoms with E-state index in [4.69, 9.17) is 4.74 Å². The molecule has 44 heavy (non-hydrogen) atoms. The summed E-state index contributed by atoms with van der Waals surface area (Å²) in [6, 6.07) is 18.6. The molecule has 0 saturated carbocycles. The highest BCUT2D eigenvalue weighted by atomic mass is 16.5. The van der Waals surface area contributed by atoms with Gasteiger partial charge in [-0.3, -0.25) is 33.2 Å². The number of fused-ring (bicyclic) bond motifs is 4. The lowest BCUT2D eigenvalue weighted by Crippen LogP contribution is -2.44. The monoisotopic (exact) mass is 588 g/mol. The van der Waals surface area contributed by atoms with Gasteiger partial charge in [-0.05, 0) is 36.8 Å². The van der Waals surface area contributed by atoms with Crippen molar-refractivity contribution in [3.8, 4) is 5.75 Å². The Labute approximate surface area is 249 Å². The first-order valence-corrected chi connectivity index (χ1v) is 13.8. The molecule has 0 radical (unpaired) electrons. The fourth-order valence-electron chi connectivity index (χ4n) is 6.19. The van der Waals surface area contributed by atoms with Crippen LogP contribution >= 0.6 is 0 Å². The first-order chi connectivity index (χ1) is 21.1. The van der Waals surface area contributed by atoms with Crippen LogP contribution in [0.25, 0.3) is 5.70 Å². The summed E-state index contributed by atoms with van der Waals surface area (Å²) in [6.45, 7) is 1.42. The molecular formula is C33H24N4O7. The Balaban J connectivity index is 1.24. The maximum atomic E-state index is 13.7. The number of Topliss-reactive ketones (excluding diaryl/α,β-unsaturated/α-hetero) is 1. The molecule has 0 unspecified atom stereocenters. The number of ether oxygens (including phenoxy) is 1. The van der Waals surface area contributed by atoms with Crippen molar-refractivity contribution in [2.75, 3.05) is 5.32 Å². The number of imide groups is 1. The molecule has 11 heteroatoms. The third-order valence-electron chi connectivity index (χ3n) is 8.46. The van der Waals surface area contributed by atoms with Crippen molar-refractivity contribution in [1.29, 1.82) is 0 Å². The smallest absolute Gasteiger partial charge is 0.334 e. The van der Waals surface area contributed by atoms with E-state index in [2.05, 4.69) is 5.32 Å². The first kappa shape index (κ1) is 27.0. The minimum absolute atomic E-state index is 0.139. The van der Waals surface area contributed by atoms with Gasteiger partial charge in [-0.1, -0.05) is 48.5 Å². The lowest BCUT2D eigenvalue weighted by Gasteiger charge is -2.29. The number of hydrogen-bond acceptors (Lipinski definition) is 8. The van der Waals surface area contributed by atoms with Crippen molar-refractivity contribution >= 4 is 35.1 Å². The lowest BCUT2D eigenvalue weighted by molar-refractivity contribution is -0.138. The number of carbonyl (C=O) groups excluding carboxylic acids is 4. The van der Waals surface area contributed by atoms with Crippen LogP contribution in [0.5, 0.6) is 5.75 Å². The maximum Gasteiger partial charge on any atom is 0.334 e. The minimum atomic E-state index is -1.19. The Hall–Kier alpha value is -5.84. The number of hydrogen-bond donors (Lipinski definition) is 1. The van der Waals surface area contributed by atoms with Gasteiger partial charge >= 0.3 is 11.7 Å². The second-order valence-electron chi connectivity index (χ2n) is 10.9. The van der Waals surface area contributed by atoms with Gasteiger partial charge in [-0.2, -0.15) is 0 Å². The van der Waals surface area contributed by atoms with Crippen LogP contribution in [-0.2, 0) is 18.9 Å². The second kappa shape index (κ2) is 9.60. The number of benzene rings is 3. The van der Waals surface area contributed by atoms with Crippen molar-refractivity contribution in [3.05, 3.63) is 133 Å². The van der Waals surface area contributed by atoms with Crippen molar-refractivity contribution in [3.63, 3.8) is 0 Å². The second-order valence-corrected chi connectivity index (χ2v) is 10.9. The van der Waals surface area contributed by atoms with Gasteiger partial charge < -0.3 is 10.1 Å². The Morgan fingerprint density at radius 1 is 0.773 bits per heavy atom. The molecule has 3 aliphatic rings. The molecule has 218 valence electrons. The minimum Gasteiger partial charge on any atom is -0.425 e. The Kier molecular flexibility index (Phi) is 5.89. The predicted molar refractivity (Wildman–Crippen MR) is 159 cm³/mol. The molecule has 0 bridgehead atoms. The highest BCUT2D eigenvalue weighted by molar-refractivity contribution is 6.24. The number of esters is 1. The summed E-state index contributed by atoms with van der Waals surface area (Å²) in [4.78, 5) is 79.7. The molecule has 1 aromatic heterocycles. The summed E-state index contributed by atoms with van der Waals surface area (Å²) in [5, 5.41) is 3.19. The van der Waals surface area contributed by atoms with E-state index < -0.39 is 41.0 Å².